The molecule has 3 N–H and O–H groups in total. The van der Waals surface area contributed by atoms with Gasteiger partial charge in [0, 0.05) is 18.3 Å². The number of carbonyl (C=O) groups is 1. The van der Waals surface area contributed by atoms with Crippen LogP contribution in [0.2, 0.25) is 0 Å². The number of hydrogen-bond donors (Lipinski definition) is 2. The van der Waals surface area contributed by atoms with Gasteiger partial charge in [-0.15, -0.1) is 0 Å². The van der Waals surface area contributed by atoms with Gasteiger partial charge in [-0.05, 0) is 26.0 Å². The Labute approximate surface area is 104 Å². The van der Waals surface area contributed by atoms with Gasteiger partial charge in [0.1, 0.15) is 17.2 Å². The summed E-state index contributed by atoms with van der Waals surface area (Å²) >= 11 is 0. The first kappa shape index (κ1) is 14.4. The Morgan fingerprint density at radius 3 is 2.44 bits per heavy atom. The summed E-state index contributed by atoms with van der Waals surface area (Å²) in [5.74, 6) is -1.98. The van der Waals surface area contributed by atoms with E-state index in [4.69, 9.17) is 10.5 Å². The summed E-state index contributed by atoms with van der Waals surface area (Å²) < 4.78 is 30.6. The van der Waals surface area contributed by atoms with E-state index in [0.29, 0.717) is 0 Å². The average Bonchev–Trinajstić information content (AvgIpc) is 2.25. The minimum atomic E-state index is -1.27. The fraction of sp³-hybridized carbons (Fsp3) is 0.417. The van der Waals surface area contributed by atoms with Crippen LogP contribution in [0.15, 0.2) is 18.2 Å². The third-order valence-electron chi connectivity index (χ3n) is 2.26. The highest BCUT2D eigenvalue weighted by Crippen LogP contribution is 2.14. The van der Waals surface area contributed by atoms with Gasteiger partial charge in [0.05, 0.1) is 6.61 Å². The molecule has 4 nitrogen and oxygen atoms in total. The minimum Gasteiger partial charge on any atom is -0.465 e. The first-order valence-electron chi connectivity index (χ1n) is 5.51. The first-order chi connectivity index (χ1) is 8.35. The molecular formula is C12H16F2N2O2. The molecule has 0 amide bonds. The molecule has 0 radical (unpaired) electrons. The highest BCUT2D eigenvalue weighted by molar-refractivity contribution is 5.80. The van der Waals surface area contributed by atoms with E-state index in [9.17, 15) is 13.6 Å². The van der Waals surface area contributed by atoms with E-state index in [0.717, 1.165) is 18.2 Å². The van der Waals surface area contributed by atoms with Crippen LogP contribution >= 0.6 is 0 Å². The zero-order valence-corrected chi connectivity index (χ0v) is 10.3. The van der Waals surface area contributed by atoms with Crippen LogP contribution in [0.5, 0.6) is 0 Å². The van der Waals surface area contributed by atoms with Crippen molar-refractivity contribution in [2.75, 3.05) is 18.5 Å². The molecule has 0 bridgehead atoms. The van der Waals surface area contributed by atoms with E-state index < -0.39 is 23.1 Å². The molecule has 1 aromatic carbocycles. The number of halogens is 2. The molecule has 18 heavy (non-hydrogen) atoms. The number of anilines is 1. The molecule has 1 rings (SSSR count). The second kappa shape index (κ2) is 5.77. The molecule has 100 valence electrons. The van der Waals surface area contributed by atoms with Crippen LogP contribution in [-0.4, -0.2) is 24.7 Å². The van der Waals surface area contributed by atoms with Gasteiger partial charge in [0.15, 0.2) is 0 Å². The van der Waals surface area contributed by atoms with Crippen molar-refractivity contribution in [1.82, 2.24) is 0 Å². The van der Waals surface area contributed by atoms with Gasteiger partial charge in [0.2, 0.25) is 0 Å². The second-order valence-corrected chi connectivity index (χ2v) is 4.15. The van der Waals surface area contributed by atoms with Gasteiger partial charge in [-0.25, -0.2) is 13.6 Å². The summed E-state index contributed by atoms with van der Waals surface area (Å²) in [7, 11) is 0. The van der Waals surface area contributed by atoms with Crippen molar-refractivity contribution in [3.05, 3.63) is 29.8 Å². The maximum Gasteiger partial charge on any atom is 0.327 e. The van der Waals surface area contributed by atoms with Crippen molar-refractivity contribution < 1.29 is 18.3 Å². The van der Waals surface area contributed by atoms with Gasteiger partial charge >= 0.3 is 5.97 Å². The van der Waals surface area contributed by atoms with Crippen LogP contribution in [0.3, 0.4) is 0 Å². The lowest BCUT2D eigenvalue weighted by atomic mass is 10.0. The molecule has 0 saturated heterocycles. The Kier molecular flexibility index (Phi) is 4.61. The number of rotatable bonds is 5. The Morgan fingerprint density at radius 1 is 1.39 bits per heavy atom. The first-order valence-corrected chi connectivity index (χ1v) is 5.51. The number of carbonyl (C=O) groups excluding carboxylic acids is 1. The molecule has 1 aromatic rings. The lowest BCUT2D eigenvalue weighted by Gasteiger charge is -2.23. The Hall–Kier alpha value is -1.69. The fourth-order valence-corrected chi connectivity index (χ4v) is 1.31. The summed E-state index contributed by atoms with van der Waals surface area (Å²) in [6.45, 7) is 3.38. The van der Waals surface area contributed by atoms with E-state index in [1.807, 2.05) is 0 Å². The maximum absolute atomic E-state index is 12.9. The van der Waals surface area contributed by atoms with Crippen LogP contribution in [0.4, 0.5) is 14.5 Å². The van der Waals surface area contributed by atoms with E-state index in [2.05, 4.69) is 5.32 Å². The molecule has 0 fully saturated rings. The zero-order chi connectivity index (χ0) is 13.8. The standard InChI is InChI=1S/C12H16F2N2O2/c1-3-18-11(17)12(2,15)7-16-10-5-8(13)4-9(14)6-10/h4-6,16H,3,7,15H2,1-2H3. The topological polar surface area (TPSA) is 64.3 Å². The average molecular weight is 258 g/mol. The van der Waals surface area contributed by atoms with Crippen LogP contribution in [0.25, 0.3) is 0 Å². The zero-order valence-electron chi connectivity index (χ0n) is 10.3. The predicted molar refractivity (Wildman–Crippen MR) is 64.1 cm³/mol. The fourth-order valence-electron chi connectivity index (χ4n) is 1.31. The monoisotopic (exact) mass is 258 g/mol. The summed E-state index contributed by atoms with van der Waals surface area (Å²) in [5.41, 5.74) is 4.70. The predicted octanol–water partition coefficient (Wildman–Crippen LogP) is 1.66. The minimum absolute atomic E-state index is 0.00866. The van der Waals surface area contributed by atoms with Crippen LogP contribution in [0, 0.1) is 11.6 Å². The lowest BCUT2D eigenvalue weighted by molar-refractivity contribution is -0.148. The normalized spacial score (nSPS) is 13.8. The van der Waals surface area contributed by atoms with E-state index in [1.54, 1.807) is 6.92 Å². The highest BCUT2D eigenvalue weighted by atomic mass is 19.1. The largest absolute Gasteiger partial charge is 0.465 e. The number of hydrogen-bond acceptors (Lipinski definition) is 4. The lowest BCUT2D eigenvalue weighted by Crippen LogP contribution is -2.51. The number of esters is 1. The van der Waals surface area contributed by atoms with Gasteiger partial charge in [-0.1, -0.05) is 0 Å². The third kappa shape index (κ3) is 3.96. The van der Waals surface area contributed by atoms with Crippen LogP contribution in [-0.2, 0) is 9.53 Å². The molecule has 0 saturated carbocycles. The van der Waals surface area contributed by atoms with E-state index >= 15 is 0 Å². The van der Waals surface area contributed by atoms with Gasteiger partial charge in [-0.3, -0.25) is 0 Å². The smallest absolute Gasteiger partial charge is 0.327 e. The number of nitrogens with one attached hydrogen (secondary N) is 1. The third-order valence-corrected chi connectivity index (χ3v) is 2.26. The van der Waals surface area contributed by atoms with Crippen molar-refractivity contribution in [2.45, 2.75) is 19.4 Å². The van der Waals surface area contributed by atoms with Crippen molar-refractivity contribution in [1.29, 1.82) is 0 Å². The van der Waals surface area contributed by atoms with Crippen LogP contribution < -0.4 is 11.1 Å². The summed E-state index contributed by atoms with van der Waals surface area (Å²) in [6, 6.07) is 2.99. The summed E-state index contributed by atoms with van der Waals surface area (Å²) in [5, 5.41) is 2.70. The summed E-state index contributed by atoms with van der Waals surface area (Å²) in [6.07, 6.45) is 0. The van der Waals surface area contributed by atoms with Crippen molar-refractivity contribution >= 4 is 11.7 Å². The van der Waals surface area contributed by atoms with Crippen molar-refractivity contribution in [2.24, 2.45) is 5.73 Å². The quantitative estimate of drug-likeness (QED) is 0.788. The Bertz CT molecular complexity index is 416. The second-order valence-electron chi connectivity index (χ2n) is 4.15. The highest BCUT2D eigenvalue weighted by Gasteiger charge is 2.29. The van der Waals surface area contributed by atoms with Gasteiger partial charge in [0.25, 0.3) is 0 Å². The maximum atomic E-state index is 12.9. The Morgan fingerprint density at radius 2 is 1.94 bits per heavy atom. The summed E-state index contributed by atoms with van der Waals surface area (Å²) in [4.78, 5) is 11.5. The molecule has 0 heterocycles. The molecule has 0 aliphatic rings. The van der Waals surface area contributed by atoms with Gasteiger partial charge < -0.3 is 15.8 Å². The van der Waals surface area contributed by atoms with Crippen molar-refractivity contribution in [3.8, 4) is 0 Å². The molecule has 0 aliphatic carbocycles. The van der Waals surface area contributed by atoms with E-state index in [1.165, 1.54) is 6.92 Å². The van der Waals surface area contributed by atoms with Crippen LogP contribution in [0.1, 0.15) is 13.8 Å². The SMILES string of the molecule is CCOC(=O)C(C)(N)CNc1cc(F)cc(F)c1. The number of nitrogens with two attached hydrogens (primary N) is 1. The Balaban J connectivity index is 2.66. The molecule has 0 aliphatic heterocycles. The molecule has 0 spiro atoms. The van der Waals surface area contributed by atoms with Gasteiger partial charge in [-0.2, -0.15) is 0 Å². The molecule has 1 unspecified atom stereocenters. The van der Waals surface area contributed by atoms with E-state index in [-0.39, 0.29) is 18.8 Å². The number of ether oxygens (including phenoxy) is 1. The molecule has 6 heteroatoms. The molecule has 0 aromatic heterocycles. The number of benzene rings is 1. The van der Waals surface area contributed by atoms with Crippen molar-refractivity contribution in [3.63, 3.8) is 0 Å². The molecular weight excluding hydrogens is 242 g/mol. The molecule has 1 atom stereocenters.